The van der Waals surface area contributed by atoms with E-state index >= 15 is 0 Å². The second-order valence-electron chi connectivity index (χ2n) is 5.07. The lowest BCUT2D eigenvalue weighted by molar-refractivity contribution is 0.650. The zero-order valence-electron chi connectivity index (χ0n) is 11.8. The summed E-state index contributed by atoms with van der Waals surface area (Å²) in [5.74, 6) is 0. The van der Waals surface area contributed by atoms with Gasteiger partial charge in [-0.2, -0.15) is 0 Å². The van der Waals surface area contributed by atoms with Crippen LogP contribution in [0.1, 0.15) is 20.8 Å². The van der Waals surface area contributed by atoms with Crippen molar-refractivity contribution in [2.75, 3.05) is 0 Å². The second kappa shape index (κ2) is 6.30. The number of nitrogens with zero attached hydrogens (tertiary/aromatic N) is 2. The summed E-state index contributed by atoms with van der Waals surface area (Å²) in [6.07, 6.45) is 0. The van der Waals surface area contributed by atoms with Crippen LogP contribution in [-0.4, -0.2) is 14.8 Å². The largest absolute Gasteiger partial charge is 0.283 e. The lowest BCUT2D eigenvalue weighted by atomic mass is 10.2. The van der Waals surface area contributed by atoms with Crippen molar-refractivity contribution < 1.29 is 0 Å². The molecule has 3 nitrogen and oxygen atoms in total. The highest BCUT2D eigenvalue weighted by Gasteiger charge is 2.13. The summed E-state index contributed by atoms with van der Waals surface area (Å²) < 4.78 is 2.77. The smallest absolute Gasteiger partial charge is 0.262 e. The topological polar surface area (TPSA) is 34.9 Å². The van der Waals surface area contributed by atoms with Gasteiger partial charge in [-0.15, -0.1) is 0 Å². The van der Waals surface area contributed by atoms with Crippen molar-refractivity contribution in [3.8, 4) is 0 Å². The molecule has 0 amide bonds. The summed E-state index contributed by atoms with van der Waals surface area (Å²) in [6, 6.07) is 5.78. The molecule has 0 N–H and O–H groups in total. The van der Waals surface area contributed by atoms with Gasteiger partial charge >= 0.3 is 0 Å². The summed E-state index contributed by atoms with van der Waals surface area (Å²) in [5.41, 5.74) is 1.72. The van der Waals surface area contributed by atoms with Crippen LogP contribution in [0.25, 0.3) is 10.9 Å². The molecule has 0 saturated carbocycles. The normalized spacial score (nSPS) is 11.2. The van der Waals surface area contributed by atoms with E-state index in [2.05, 4.69) is 48.0 Å². The van der Waals surface area contributed by atoms with Crippen LogP contribution in [-0.2, 0) is 6.54 Å². The number of fused-ring (bicyclic) bond motifs is 1. The van der Waals surface area contributed by atoms with Gasteiger partial charge in [0.05, 0.1) is 10.9 Å². The van der Waals surface area contributed by atoms with Crippen LogP contribution < -0.4 is 5.56 Å². The lowest BCUT2D eigenvalue weighted by Gasteiger charge is -2.14. The van der Waals surface area contributed by atoms with Crippen LogP contribution in [0.5, 0.6) is 0 Å². The Hall–Kier alpha value is -0.820. The van der Waals surface area contributed by atoms with Gasteiger partial charge in [-0.05, 0) is 47.7 Å². The average molecular weight is 400 g/mol. The van der Waals surface area contributed by atoms with E-state index in [4.69, 9.17) is 0 Å². The third-order valence-electron chi connectivity index (χ3n) is 2.65. The molecule has 0 aliphatic carbocycles. The first-order valence-electron chi connectivity index (χ1n) is 6.39. The van der Waals surface area contributed by atoms with Crippen molar-refractivity contribution >= 4 is 45.3 Å². The molecule has 0 spiro atoms. The van der Waals surface area contributed by atoms with Crippen LogP contribution >= 0.6 is 34.4 Å². The fourth-order valence-electron chi connectivity index (χ4n) is 1.88. The molecule has 2 rings (SSSR count). The highest BCUT2D eigenvalue weighted by atomic mass is 127. The maximum Gasteiger partial charge on any atom is 0.262 e. The van der Waals surface area contributed by atoms with Crippen molar-refractivity contribution in [3.63, 3.8) is 0 Å². The Labute approximate surface area is 136 Å². The molecule has 0 unspecified atom stereocenters. The van der Waals surface area contributed by atoms with Crippen LogP contribution in [0.3, 0.4) is 0 Å². The zero-order chi connectivity index (χ0) is 14.9. The SMILES string of the molecule is C=C(C)Cn1c(SC(C)C)nc2ccc(I)cc2c1=O. The van der Waals surface area contributed by atoms with E-state index < -0.39 is 0 Å². The number of halogens is 1. The van der Waals surface area contributed by atoms with E-state index in [0.29, 0.717) is 17.2 Å². The molecule has 0 aliphatic rings. The van der Waals surface area contributed by atoms with Crippen molar-refractivity contribution in [1.82, 2.24) is 9.55 Å². The van der Waals surface area contributed by atoms with Gasteiger partial charge in [-0.1, -0.05) is 37.8 Å². The van der Waals surface area contributed by atoms with E-state index in [1.165, 1.54) is 0 Å². The number of thioether (sulfide) groups is 1. The Bertz CT molecular complexity index is 722. The lowest BCUT2D eigenvalue weighted by Crippen LogP contribution is -2.24. The van der Waals surface area contributed by atoms with Gasteiger partial charge in [-0.25, -0.2) is 4.98 Å². The third-order valence-corrected chi connectivity index (χ3v) is 4.32. The Morgan fingerprint density at radius 1 is 1.50 bits per heavy atom. The summed E-state index contributed by atoms with van der Waals surface area (Å²) in [4.78, 5) is 17.3. The molecule has 1 heterocycles. The van der Waals surface area contributed by atoms with Crippen LogP contribution in [0.4, 0.5) is 0 Å². The van der Waals surface area contributed by atoms with Crippen molar-refractivity contribution in [2.24, 2.45) is 0 Å². The Morgan fingerprint density at radius 3 is 2.80 bits per heavy atom. The monoisotopic (exact) mass is 400 g/mol. The first kappa shape index (κ1) is 15.6. The van der Waals surface area contributed by atoms with E-state index in [-0.39, 0.29) is 5.56 Å². The van der Waals surface area contributed by atoms with Crippen molar-refractivity contribution in [2.45, 2.75) is 37.7 Å². The number of aromatic nitrogens is 2. The molecule has 0 aliphatic heterocycles. The van der Waals surface area contributed by atoms with Crippen molar-refractivity contribution in [1.29, 1.82) is 0 Å². The molecule has 0 atom stereocenters. The molecule has 2 aromatic rings. The van der Waals surface area contributed by atoms with Gasteiger partial charge in [-0.3, -0.25) is 9.36 Å². The zero-order valence-corrected chi connectivity index (χ0v) is 14.8. The van der Waals surface area contributed by atoms with E-state index in [0.717, 1.165) is 19.8 Å². The number of hydrogen-bond acceptors (Lipinski definition) is 3. The minimum absolute atomic E-state index is 0.0136. The maximum absolute atomic E-state index is 12.7. The van der Waals surface area contributed by atoms with Gasteiger partial charge in [0.2, 0.25) is 0 Å². The Kier molecular flexibility index (Phi) is 4.90. The molecule has 1 aromatic heterocycles. The Balaban J connectivity index is 2.72. The molecule has 0 fully saturated rings. The van der Waals surface area contributed by atoms with Crippen molar-refractivity contribution in [3.05, 3.63) is 44.3 Å². The first-order chi connectivity index (χ1) is 9.38. The second-order valence-corrected chi connectivity index (χ2v) is 7.86. The first-order valence-corrected chi connectivity index (χ1v) is 8.35. The minimum Gasteiger partial charge on any atom is -0.283 e. The fourth-order valence-corrected chi connectivity index (χ4v) is 3.22. The quantitative estimate of drug-likeness (QED) is 0.336. The predicted octanol–water partition coefficient (Wildman–Crippen LogP) is 4.08. The van der Waals surface area contributed by atoms with Gasteiger partial charge < -0.3 is 0 Å². The van der Waals surface area contributed by atoms with Gasteiger partial charge in [0.25, 0.3) is 5.56 Å². The predicted molar refractivity (Wildman–Crippen MR) is 94.5 cm³/mol. The van der Waals surface area contributed by atoms with Gasteiger partial charge in [0.1, 0.15) is 0 Å². The standard InChI is InChI=1S/C15H17IN2OS/c1-9(2)8-18-14(19)12-7-11(16)5-6-13(12)17-15(18)20-10(3)4/h5-7,10H,1,8H2,2-4H3. The molecule has 106 valence electrons. The highest BCUT2D eigenvalue weighted by molar-refractivity contribution is 14.1. The summed E-state index contributed by atoms with van der Waals surface area (Å²) >= 11 is 3.82. The molecule has 1 aromatic carbocycles. The fraction of sp³-hybridized carbons (Fsp3) is 0.333. The minimum atomic E-state index is 0.0136. The van der Waals surface area contributed by atoms with Crippen LogP contribution in [0.2, 0.25) is 0 Å². The molecule has 0 saturated heterocycles. The van der Waals surface area contributed by atoms with Crippen LogP contribution in [0, 0.1) is 3.57 Å². The molecular weight excluding hydrogens is 383 g/mol. The summed E-state index contributed by atoms with van der Waals surface area (Å²) in [6.45, 7) is 10.5. The van der Waals surface area contributed by atoms with Gasteiger partial charge in [0.15, 0.2) is 5.16 Å². The number of benzene rings is 1. The van der Waals surface area contributed by atoms with Gasteiger partial charge in [0, 0.05) is 15.4 Å². The number of rotatable bonds is 4. The number of hydrogen-bond donors (Lipinski definition) is 0. The maximum atomic E-state index is 12.7. The summed E-state index contributed by atoms with van der Waals surface area (Å²) in [7, 11) is 0. The molecule has 20 heavy (non-hydrogen) atoms. The molecule has 5 heteroatoms. The Morgan fingerprint density at radius 2 is 2.20 bits per heavy atom. The average Bonchev–Trinajstić information content (AvgIpc) is 2.34. The molecule has 0 bridgehead atoms. The van der Waals surface area contributed by atoms with E-state index in [9.17, 15) is 4.79 Å². The van der Waals surface area contributed by atoms with E-state index in [1.807, 2.05) is 25.1 Å². The highest BCUT2D eigenvalue weighted by Crippen LogP contribution is 2.23. The van der Waals surface area contributed by atoms with E-state index in [1.54, 1.807) is 16.3 Å². The molecule has 0 radical (unpaired) electrons. The third kappa shape index (κ3) is 3.44. The molecular formula is C15H17IN2OS. The number of allylic oxidation sites excluding steroid dienone is 1. The summed E-state index contributed by atoms with van der Waals surface area (Å²) in [5, 5.41) is 1.81. The van der Waals surface area contributed by atoms with Crippen LogP contribution in [0.15, 0.2) is 40.3 Å².